The zero-order chi connectivity index (χ0) is 11.7. The van der Waals surface area contributed by atoms with Crippen LogP contribution in [0.25, 0.3) is 11.1 Å². The molecule has 0 bridgehead atoms. The molecule has 0 atom stereocenters. The number of benzene rings is 1. The molecule has 2 aromatic rings. The Balaban J connectivity index is 2.63. The lowest BCUT2D eigenvalue weighted by Crippen LogP contribution is -1.99. The Labute approximate surface area is 90.7 Å². The zero-order valence-corrected chi connectivity index (χ0v) is 8.24. The van der Waals surface area contributed by atoms with Crippen LogP contribution in [0.5, 0.6) is 0 Å². The first kappa shape index (κ1) is 10.4. The van der Waals surface area contributed by atoms with E-state index >= 15 is 0 Å². The highest BCUT2D eigenvalue weighted by Crippen LogP contribution is 2.30. The van der Waals surface area contributed by atoms with Gasteiger partial charge in [0.15, 0.2) is 0 Å². The van der Waals surface area contributed by atoms with E-state index in [4.69, 9.17) is 11.5 Å². The van der Waals surface area contributed by atoms with Crippen LogP contribution < -0.4 is 11.5 Å². The monoisotopic (exact) mass is 221 g/mol. The van der Waals surface area contributed by atoms with Crippen molar-refractivity contribution in [1.29, 1.82) is 0 Å². The molecule has 0 amide bonds. The number of rotatable bonds is 1. The van der Waals surface area contributed by atoms with E-state index in [0.717, 1.165) is 12.1 Å². The van der Waals surface area contributed by atoms with E-state index in [9.17, 15) is 8.78 Å². The molecule has 0 fully saturated rings. The third kappa shape index (κ3) is 1.67. The molecule has 0 saturated heterocycles. The molecular formula is C11H9F2N3. The lowest BCUT2D eigenvalue weighted by molar-refractivity contribution is 0.585. The van der Waals surface area contributed by atoms with Crippen LogP contribution in [0.15, 0.2) is 30.6 Å². The molecule has 0 aliphatic rings. The SMILES string of the molecule is Nc1cncc(-c2ccc(F)cc2F)c1N. The van der Waals surface area contributed by atoms with Gasteiger partial charge in [0.1, 0.15) is 11.6 Å². The van der Waals surface area contributed by atoms with Crippen LogP contribution in [0.4, 0.5) is 20.2 Å². The third-order valence-electron chi connectivity index (χ3n) is 2.24. The van der Waals surface area contributed by atoms with Crippen LogP contribution in [0, 0.1) is 11.6 Å². The number of anilines is 2. The molecular weight excluding hydrogens is 212 g/mol. The second-order valence-electron chi connectivity index (χ2n) is 3.31. The Morgan fingerprint density at radius 1 is 1.00 bits per heavy atom. The summed E-state index contributed by atoms with van der Waals surface area (Å²) in [6.07, 6.45) is 2.77. The molecule has 1 heterocycles. The fraction of sp³-hybridized carbons (Fsp3) is 0. The van der Waals surface area contributed by atoms with Crippen molar-refractivity contribution in [3.8, 4) is 11.1 Å². The van der Waals surface area contributed by atoms with Crippen molar-refractivity contribution in [1.82, 2.24) is 4.98 Å². The fourth-order valence-electron chi connectivity index (χ4n) is 1.41. The van der Waals surface area contributed by atoms with Gasteiger partial charge in [-0.2, -0.15) is 0 Å². The van der Waals surface area contributed by atoms with Crippen molar-refractivity contribution in [3.05, 3.63) is 42.2 Å². The Bertz CT molecular complexity index is 541. The number of hydrogen-bond acceptors (Lipinski definition) is 3. The van der Waals surface area contributed by atoms with Crippen molar-refractivity contribution in [3.63, 3.8) is 0 Å². The predicted octanol–water partition coefficient (Wildman–Crippen LogP) is 2.19. The molecule has 16 heavy (non-hydrogen) atoms. The summed E-state index contributed by atoms with van der Waals surface area (Å²) in [7, 11) is 0. The summed E-state index contributed by atoms with van der Waals surface area (Å²) in [5.41, 5.74) is 12.3. The number of pyridine rings is 1. The fourth-order valence-corrected chi connectivity index (χ4v) is 1.41. The second-order valence-corrected chi connectivity index (χ2v) is 3.31. The number of nitrogens with two attached hydrogens (primary N) is 2. The molecule has 1 aromatic heterocycles. The van der Waals surface area contributed by atoms with Crippen molar-refractivity contribution in [2.24, 2.45) is 0 Å². The maximum Gasteiger partial charge on any atom is 0.134 e. The lowest BCUT2D eigenvalue weighted by Gasteiger charge is -2.08. The van der Waals surface area contributed by atoms with Gasteiger partial charge in [-0.3, -0.25) is 4.98 Å². The van der Waals surface area contributed by atoms with E-state index in [2.05, 4.69) is 4.98 Å². The minimum atomic E-state index is -0.695. The van der Waals surface area contributed by atoms with E-state index in [-0.39, 0.29) is 16.9 Å². The molecule has 0 radical (unpaired) electrons. The topological polar surface area (TPSA) is 64.9 Å². The molecule has 82 valence electrons. The van der Waals surface area contributed by atoms with Crippen molar-refractivity contribution in [2.45, 2.75) is 0 Å². The van der Waals surface area contributed by atoms with Gasteiger partial charge in [0.2, 0.25) is 0 Å². The van der Waals surface area contributed by atoms with Crippen LogP contribution in [0.3, 0.4) is 0 Å². The zero-order valence-electron chi connectivity index (χ0n) is 8.24. The first-order valence-electron chi connectivity index (χ1n) is 4.54. The lowest BCUT2D eigenvalue weighted by atomic mass is 10.0. The molecule has 0 saturated carbocycles. The average Bonchev–Trinajstić information content (AvgIpc) is 2.23. The van der Waals surface area contributed by atoms with Gasteiger partial charge in [0, 0.05) is 23.4 Å². The van der Waals surface area contributed by atoms with Gasteiger partial charge in [0.25, 0.3) is 0 Å². The van der Waals surface area contributed by atoms with Gasteiger partial charge in [-0.25, -0.2) is 8.78 Å². The van der Waals surface area contributed by atoms with Gasteiger partial charge in [-0.1, -0.05) is 0 Å². The highest BCUT2D eigenvalue weighted by atomic mass is 19.1. The van der Waals surface area contributed by atoms with Crippen LogP contribution in [-0.4, -0.2) is 4.98 Å². The summed E-state index contributed by atoms with van der Waals surface area (Å²) in [5, 5.41) is 0. The predicted molar refractivity (Wildman–Crippen MR) is 58.4 cm³/mol. The number of aromatic nitrogens is 1. The van der Waals surface area contributed by atoms with Gasteiger partial charge in [0.05, 0.1) is 17.6 Å². The van der Waals surface area contributed by atoms with Crippen LogP contribution >= 0.6 is 0 Å². The Kier molecular flexibility index (Phi) is 2.44. The van der Waals surface area contributed by atoms with E-state index in [0.29, 0.717) is 5.56 Å². The van der Waals surface area contributed by atoms with Gasteiger partial charge >= 0.3 is 0 Å². The Morgan fingerprint density at radius 3 is 2.44 bits per heavy atom. The quantitative estimate of drug-likeness (QED) is 0.775. The van der Waals surface area contributed by atoms with E-state index in [1.807, 2.05) is 0 Å². The molecule has 0 aliphatic carbocycles. The molecule has 4 N–H and O–H groups in total. The second kappa shape index (κ2) is 3.77. The largest absolute Gasteiger partial charge is 0.396 e. The van der Waals surface area contributed by atoms with Crippen LogP contribution in [0.2, 0.25) is 0 Å². The number of halogens is 2. The minimum Gasteiger partial charge on any atom is -0.396 e. The summed E-state index contributed by atoms with van der Waals surface area (Å²) in [6, 6.07) is 3.25. The number of nitrogens with zero attached hydrogens (tertiary/aromatic N) is 1. The Morgan fingerprint density at radius 2 is 1.75 bits per heavy atom. The highest BCUT2D eigenvalue weighted by molar-refractivity contribution is 5.83. The molecule has 2 rings (SSSR count). The van der Waals surface area contributed by atoms with Gasteiger partial charge < -0.3 is 11.5 Å². The molecule has 3 nitrogen and oxygen atoms in total. The summed E-state index contributed by atoms with van der Waals surface area (Å²) >= 11 is 0. The van der Waals surface area contributed by atoms with E-state index in [1.54, 1.807) is 0 Å². The smallest absolute Gasteiger partial charge is 0.134 e. The highest BCUT2D eigenvalue weighted by Gasteiger charge is 2.11. The van der Waals surface area contributed by atoms with Gasteiger partial charge in [-0.05, 0) is 12.1 Å². The first-order chi connectivity index (χ1) is 7.59. The molecule has 0 spiro atoms. The van der Waals surface area contributed by atoms with E-state index < -0.39 is 11.6 Å². The van der Waals surface area contributed by atoms with Crippen molar-refractivity contribution >= 4 is 11.4 Å². The number of hydrogen-bond donors (Lipinski definition) is 2. The standard InChI is InChI=1S/C11H9F2N3/c12-6-1-2-7(9(13)3-6)8-4-16-5-10(14)11(8)15/h1-5H,14H2,(H2,15,16). The summed E-state index contributed by atoms with van der Waals surface area (Å²) in [4.78, 5) is 3.82. The normalized spacial score (nSPS) is 10.4. The first-order valence-corrected chi connectivity index (χ1v) is 4.54. The van der Waals surface area contributed by atoms with Crippen molar-refractivity contribution in [2.75, 3.05) is 11.5 Å². The molecule has 0 aliphatic heterocycles. The van der Waals surface area contributed by atoms with E-state index in [1.165, 1.54) is 18.5 Å². The average molecular weight is 221 g/mol. The summed E-state index contributed by atoms with van der Waals surface area (Å²) in [6.45, 7) is 0. The minimum absolute atomic E-state index is 0.179. The van der Waals surface area contributed by atoms with Crippen LogP contribution in [-0.2, 0) is 0 Å². The summed E-state index contributed by atoms with van der Waals surface area (Å²) in [5.74, 6) is -1.34. The maximum atomic E-state index is 13.5. The van der Waals surface area contributed by atoms with Crippen LogP contribution in [0.1, 0.15) is 0 Å². The van der Waals surface area contributed by atoms with Gasteiger partial charge in [-0.15, -0.1) is 0 Å². The molecule has 0 unspecified atom stereocenters. The Hall–Kier alpha value is -2.17. The summed E-state index contributed by atoms with van der Waals surface area (Å²) < 4.78 is 26.2. The molecule has 5 heteroatoms. The third-order valence-corrected chi connectivity index (χ3v) is 2.24. The number of nitrogen functional groups attached to an aromatic ring is 2. The van der Waals surface area contributed by atoms with Crippen molar-refractivity contribution < 1.29 is 8.78 Å². The molecule has 1 aromatic carbocycles. The maximum absolute atomic E-state index is 13.5.